The molecule has 7 heteroatoms. The van der Waals surface area contributed by atoms with E-state index in [1.807, 2.05) is 26.0 Å². The number of oxime groups is 1. The quantitative estimate of drug-likeness (QED) is 0.834. The molecule has 1 atom stereocenters. The number of hydrogen-bond donors (Lipinski definition) is 0. The molecule has 2 aliphatic heterocycles. The van der Waals surface area contributed by atoms with Gasteiger partial charge in [0.05, 0.1) is 11.3 Å². The average Bonchev–Trinajstić information content (AvgIpc) is 3.20. The molecule has 0 spiro atoms. The average molecular weight is 351 g/mol. The fourth-order valence-electron chi connectivity index (χ4n) is 3.08. The minimum Gasteiger partial charge on any atom is -0.447 e. The molecule has 0 bridgehead atoms. The molecule has 2 aliphatic rings. The van der Waals surface area contributed by atoms with Gasteiger partial charge in [-0.15, -0.1) is 0 Å². The number of carbonyl (C=O) groups is 2. The first-order chi connectivity index (χ1) is 11.5. The second-order valence-corrected chi connectivity index (χ2v) is 6.44. The van der Waals surface area contributed by atoms with Gasteiger partial charge in [-0.25, -0.2) is 9.69 Å². The van der Waals surface area contributed by atoms with Gasteiger partial charge in [-0.3, -0.25) is 4.79 Å². The van der Waals surface area contributed by atoms with E-state index in [4.69, 9.17) is 21.2 Å². The number of rotatable bonds is 4. The highest BCUT2D eigenvalue weighted by Crippen LogP contribution is 2.33. The number of ether oxygens (including phenoxy) is 1. The summed E-state index contributed by atoms with van der Waals surface area (Å²) in [5.74, 6) is -0.395. The first kappa shape index (κ1) is 16.8. The van der Waals surface area contributed by atoms with Gasteiger partial charge in [-0.1, -0.05) is 42.7 Å². The maximum Gasteiger partial charge on any atom is 0.417 e. The molecule has 1 fully saturated rings. The Balaban J connectivity index is 1.75. The third-order valence-electron chi connectivity index (χ3n) is 4.78. The number of imide groups is 1. The highest BCUT2D eigenvalue weighted by Gasteiger charge is 2.51. The smallest absolute Gasteiger partial charge is 0.417 e. The molecule has 1 saturated heterocycles. The first-order valence-corrected chi connectivity index (χ1v) is 8.38. The fourth-order valence-corrected chi connectivity index (χ4v) is 3.21. The molecule has 2 heterocycles. The van der Waals surface area contributed by atoms with Crippen LogP contribution in [0.25, 0.3) is 0 Å². The van der Waals surface area contributed by atoms with E-state index in [-0.39, 0.29) is 6.61 Å². The number of carbonyl (C=O) groups excluding carboxylic acids is 2. The summed E-state index contributed by atoms with van der Waals surface area (Å²) in [6.07, 6.45) is 0.177. The molecule has 0 saturated carbocycles. The summed E-state index contributed by atoms with van der Waals surface area (Å²) >= 11 is 5.88. The van der Waals surface area contributed by atoms with Crippen molar-refractivity contribution < 1.29 is 19.2 Å². The summed E-state index contributed by atoms with van der Waals surface area (Å²) in [6.45, 7) is 4.11. The third kappa shape index (κ3) is 2.75. The van der Waals surface area contributed by atoms with Gasteiger partial charge in [0.1, 0.15) is 6.61 Å². The number of nitrogens with zero attached hydrogens (tertiary/aromatic N) is 2. The van der Waals surface area contributed by atoms with Crippen molar-refractivity contribution in [2.45, 2.75) is 44.8 Å². The second-order valence-electron chi connectivity index (χ2n) is 6.00. The summed E-state index contributed by atoms with van der Waals surface area (Å²) < 4.78 is 5.13. The Bertz CT molecular complexity index is 682. The molecular weight excluding hydrogens is 332 g/mol. The van der Waals surface area contributed by atoms with Crippen LogP contribution in [0.4, 0.5) is 4.79 Å². The van der Waals surface area contributed by atoms with E-state index in [9.17, 15) is 9.59 Å². The number of hydrogen-bond acceptors (Lipinski definition) is 5. The first-order valence-electron chi connectivity index (χ1n) is 8.00. The zero-order chi connectivity index (χ0) is 17.3. The van der Waals surface area contributed by atoms with Crippen LogP contribution in [0.5, 0.6) is 0 Å². The molecule has 0 radical (unpaired) electrons. The lowest BCUT2D eigenvalue weighted by atomic mass is 9.92. The van der Waals surface area contributed by atoms with Crippen LogP contribution < -0.4 is 0 Å². The minimum absolute atomic E-state index is 0.224. The molecule has 0 aromatic heterocycles. The van der Waals surface area contributed by atoms with Crippen LogP contribution in [-0.2, 0) is 14.4 Å². The predicted molar refractivity (Wildman–Crippen MR) is 89.0 cm³/mol. The van der Waals surface area contributed by atoms with E-state index in [1.54, 1.807) is 12.1 Å². The SMILES string of the molecule is CCC1(CC)COC(=O)N1C(=O)C1CC(c2ccc(Cl)cc2)=NO1. The van der Waals surface area contributed by atoms with Gasteiger partial charge in [0.2, 0.25) is 6.10 Å². The zero-order valence-corrected chi connectivity index (χ0v) is 14.4. The summed E-state index contributed by atoms with van der Waals surface area (Å²) in [6, 6.07) is 7.16. The lowest BCUT2D eigenvalue weighted by molar-refractivity contribution is -0.142. The van der Waals surface area contributed by atoms with Crippen LogP contribution in [0.2, 0.25) is 5.02 Å². The molecule has 0 N–H and O–H groups in total. The Morgan fingerprint density at radius 2 is 2.00 bits per heavy atom. The van der Waals surface area contributed by atoms with Gasteiger partial charge in [-0.05, 0) is 30.5 Å². The molecule has 128 valence electrons. The topological polar surface area (TPSA) is 68.2 Å². The van der Waals surface area contributed by atoms with Crippen LogP contribution in [0.1, 0.15) is 38.7 Å². The number of cyclic esters (lactones) is 1. The Hall–Kier alpha value is -2.08. The van der Waals surface area contributed by atoms with E-state index < -0.39 is 23.6 Å². The van der Waals surface area contributed by atoms with Gasteiger partial charge in [0.25, 0.3) is 5.91 Å². The lowest BCUT2D eigenvalue weighted by Crippen LogP contribution is -2.53. The largest absolute Gasteiger partial charge is 0.447 e. The summed E-state index contributed by atoms with van der Waals surface area (Å²) in [7, 11) is 0. The maximum atomic E-state index is 12.8. The van der Waals surface area contributed by atoms with E-state index >= 15 is 0 Å². The Kier molecular flexibility index (Phi) is 4.49. The minimum atomic E-state index is -0.807. The van der Waals surface area contributed by atoms with E-state index in [0.717, 1.165) is 5.56 Å². The van der Waals surface area contributed by atoms with Crippen LogP contribution in [0, 0.1) is 0 Å². The number of benzene rings is 1. The Morgan fingerprint density at radius 3 is 2.62 bits per heavy atom. The fraction of sp³-hybridized carbons (Fsp3) is 0.471. The molecule has 0 aliphatic carbocycles. The van der Waals surface area contributed by atoms with E-state index in [0.29, 0.717) is 30.0 Å². The van der Waals surface area contributed by atoms with Crippen molar-refractivity contribution in [1.82, 2.24) is 4.90 Å². The van der Waals surface area contributed by atoms with E-state index in [2.05, 4.69) is 5.16 Å². The lowest BCUT2D eigenvalue weighted by Gasteiger charge is -2.32. The van der Waals surface area contributed by atoms with Crippen molar-refractivity contribution >= 4 is 29.3 Å². The predicted octanol–water partition coefficient (Wildman–Crippen LogP) is 3.37. The maximum absolute atomic E-state index is 12.8. The Labute approximate surface area is 145 Å². The molecule has 3 rings (SSSR count). The van der Waals surface area contributed by atoms with E-state index in [1.165, 1.54) is 4.90 Å². The standard InChI is InChI=1S/C17H19ClN2O4/c1-3-17(4-2)10-23-16(22)20(17)15(21)14-9-13(19-24-14)11-5-7-12(18)8-6-11/h5-8,14H,3-4,9-10H2,1-2H3. The molecule has 1 aromatic carbocycles. The highest BCUT2D eigenvalue weighted by atomic mass is 35.5. The Morgan fingerprint density at radius 1 is 1.33 bits per heavy atom. The molecule has 24 heavy (non-hydrogen) atoms. The second kappa shape index (κ2) is 6.43. The zero-order valence-electron chi connectivity index (χ0n) is 13.6. The van der Waals surface area contributed by atoms with Crippen molar-refractivity contribution in [3.8, 4) is 0 Å². The summed E-state index contributed by atoms with van der Waals surface area (Å²) in [5, 5.41) is 4.63. The molecule has 2 amide bonds. The monoisotopic (exact) mass is 350 g/mol. The molecule has 1 aromatic rings. The molecule has 1 unspecified atom stereocenters. The van der Waals surface area contributed by atoms with Crippen molar-refractivity contribution in [3.05, 3.63) is 34.9 Å². The highest BCUT2D eigenvalue weighted by molar-refractivity contribution is 6.30. The van der Waals surface area contributed by atoms with Crippen molar-refractivity contribution in [1.29, 1.82) is 0 Å². The van der Waals surface area contributed by atoms with Crippen LogP contribution in [0.15, 0.2) is 29.4 Å². The van der Waals surface area contributed by atoms with Crippen molar-refractivity contribution in [3.63, 3.8) is 0 Å². The summed E-state index contributed by atoms with van der Waals surface area (Å²) in [5.41, 5.74) is 0.910. The molecular formula is C17H19ClN2O4. The van der Waals surface area contributed by atoms with Crippen LogP contribution in [0.3, 0.4) is 0 Å². The molecule has 6 nitrogen and oxygen atoms in total. The summed E-state index contributed by atoms with van der Waals surface area (Å²) in [4.78, 5) is 31.4. The van der Waals surface area contributed by atoms with Crippen LogP contribution >= 0.6 is 11.6 Å². The van der Waals surface area contributed by atoms with Crippen molar-refractivity contribution in [2.75, 3.05) is 6.61 Å². The number of amides is 2. The van der Waals surface area contributed by atoms with Gasteiger partial charge in [-0.2, -0.15) is 0 Å². The van der Waals surface area contributed by atoms with Crippen molar-refractivity contribution in [2.24, 2.45) is 5.16 Å². The van der Waals surface area contributed by atoms with Crippen LogP contribution in [-0.4, -0.2) is 40.9 Å². The number of halogens is 1. The normalized spacial score (nSPS) is 22.1. The van der Waals surface area contributed by atoms with Gasteiger partial charge in [0, 0.05) is 11.4 Å². The van der Waals surface area contributed by atoms with Gasteiger partial charge >= 0.3 is 6.09 Å². The van der Waals surface area contributed by atoms with Gasteiger partial charge < -0.3 is 9.57 Å². The third-order valence-corrected chi connectivity index (χ3v) is 5.03. The van der Waals surface area contributed by atoms with Gasteiger partial charge in [0.15, 0.2) is 0 Å².